The molecule has 0 N–H and O–H groups in total. The van der Waals surface area contributed by atoms with Crippen molar-refractivity contribution in [2.24, 2.45) is 11.3 Å². The molecule has 3 atom stereocenters. The maximum absolute atomic E-state index is 11.9. The van der Waals surface area contributed by atoms with Crippen molar-refractivity contribution >= 4 is 5.97 Å². The Morgan fingerprint density at radius 3 is 2.71 bits per heavy atom. The summed E-state index contributed by atoms with van der Waals surface area (Å²) in [5.74, 6) is -0.151. The van der Waals surface area contributed by atoms with Crippen LogP contribution in [0.15, 0.2) is 35.5 Å². The zero-order chi connectivity index (χ0) is 20.6. The van der Waals surface area contributed by atoms with Crippen LogP contribution in [0, 0.1) is 11.3 Å². The van der Waals surface area contributed by atoms with Crippen LogP contribution in [-0.2, 0) is 28.5 Å². The summed E-state index contributed by atoms with van der Waals surface area (Å²) in [6.45, 7) is 8.00. The Balaban J connectivity index is 2.32. The average molecular weight is 395 g/mol. The van der Waals surface area contributed by atoms with Crippen LogP contribution in [0.3, 0.4) is 0 Å². The number of carbonyl (C=O) groups excluding carboxylic acids is 1. The molecular formula is C22H34O6. The van der Waals surface area contributed by atoms with E-state index >= 15 is 0 Å². The molecule has 0 saturated heterocycles. The van der Waals surface area contributed by atoms with Crippen molar-refractivity contribution in [3.63, 3.8) is 0 Å². The molecule has 0 spiro atoms. The first-order valence-electron chi connectivity index (χ1n) is 9.84. The Morgan fingerprint density at radius 2 is 2.00 bits per heavy atom. The van der Waals surface area contributed by atoms with Gasteiger partial charge >= 0.3 is 5.97 Å². The molecule has 158 valence electrons. The molecule has 0 fully saturated rings. The molecule has 0 aromatic heterocycles. The van der Waals surface area contributed by atoms with Gasteiger partial charge in [0.25, 0.3) is 0 Å². The van der Waals surface area contributed by atoms with Gasteiger partial charge in [-0.25, -0.2) is 4.79 Å². The molecule has 28 heavy (non-hydrogen) atoms. The topological polar surface area (TPSA) is 63.2 Å². The van der Waals surface area contributed by atoms with Crippen molar-refractivity contribution in [2.75, 3.05) is 40.8 Å². The number of esters is 1. The minimum Gasteiger partial charge on any atom is -0.458 e. The van der Waals surface area contributed by atoms with Gasteiger partial charge in [0.15, 0.2) is 0 Å². The first-order valence-corrected chi connectivity index (χ1v) is 9.84. The average Bonchev–Trinajstić information content (AvgIpc) is 2.65. The number of fused-ring (bicyclic) bond motifs is 2. The number of ether oxygens (including phenoxy) is 5. The first kappa shape index (κ1) is 22.8. The zero-order valence-corrected chi connectivity index (χ0v) is 17.7. The Kier molecular flexibility index (Phi) is 8.89. The SMILES string of the molecule is COCCOCO[C@@H]1/C=C/COC(=O)/C=C/[C@@H](OC)[C@@H]2CCC(C)=C1C2(C)C. The van der Waals surface area contributed by atoms with Crippen LogP contribution >= 0.6 is 0 Å². The summed E-state index contributed by atoms with van der Waals surface area (Å²) in [7, 11) is 3.32. The Labute approximate surface area is 168 Å². The smallest absolute Gasteiger partial charge is 0.330 e. The van der Waals surface area contributed by atoms with Gasteiger partial charge in [-0.1, -0.05) is 25.5 Å². The second-order valence-corrected chi connectivity index (χ2v) is 7.78. The van der Waals surface area contributed by atoms with Crippen LogP contribution in [-0.4, -0.2) is 59.0 Å². The Bertz CT molecular complexity index is 604. The Hall–Kier alpha value is -1.47. The lowest BCUT2D eigenvalue weighted by atomic mass is 9.62. The van der Waals surface area contributed by atoms with Crippen LogP contribution in [0.5, 0.6) is 0 Å². The summed E-state index contributed by atoms with van der Waals surface area (Å²) in [6.07, 6.45) is 8.63. The van der Waals surface area contributed by atoms with E-state index in [2.05, 4.69) is 20.8 Å². The number of rotatable bonds is 7. The van der Waals surface area contributed by atoms with E-state index in [1.54, 1.807) is 14.2 Å². The number of hydrogen-bond acceptors (Lipinski definition) is 6. The lowest BCUT2D eigenvalue weighted by molar-refractivity contribution is -0.136. The quantitative estimate of drug-likeness (QED) is 0.285. The van der Waals surface area contributed by atoms with Crippen LogP contribution in [0.4, 0.5) is 0 Å². The van der Waals surface area contributed by atoms with Gasteiger partial charge in [0.05, 0.1) is 19.3 Å². The maximum atomic E-state index is 11.9. The normalized spacial score (nSPS) is 30.2. The summed E-state index contributed by atoms with van der Waals surface area (Å²) in [5.41, 5.74) is 2.41. The summed E-state index contributed by atoms with van der Waals surface area (Å²) in [5, 5.41) is 0. The third-order valence-electron chi connectivity index (χ3n) is 5.68. The predicted octanol–water partition coefficient (Wildman–Crippen LogP) is 3.43. The molecule has 2 rings (SSSR count). The highest BCUT2D eigenvalue weighted by molar-refractivity contribution is 5.82. The molecule has 6 heteroatoms. The first-order chi connectivity index (χ1) is 13.4. The van der Waals surface area contributed by atoms with Crippen molar-refractivity contribution in [2.45, 2.75) is 45.8 Å². The van der Waals surface area contributed by atoms with Crippen LogP contribution in [0.25, 0.3) is 0 Å². The van der Waals surface area contributed by atoms with Crippen molar-refractivity contribution in [3.8, 4) is 0 Å². The summed E-state index contributed by atoms with van der Waals surface area (Å²) < 4.78 is 27.6. The third-order valence-corrected chi connectivity index (χ3v) is 5.68. The van der Waals surface area contributed by atoms with E-state index in [-0.39, 0.29) is 42.9 Å². The standard InChI is InChI=1S/C22H34O6/c1-16-8-9-17-18(25-5)10-11-20(23)27-12-6-7-19(21(16)22(17,2)3)28-15-26-14-13-24-4/h6-7,10-11,17-19H,8-9,12-15H2,1-5H3/b7-6+,11-10+/t17-,18+,19+/m0/s1. The monoisotopic (exact) mass is 394 g/mol. The van der Waals surface area contributed by atoms with E-state index in [0.717, 1.165) is 12.8 Å². The van der Waals surface area contributed by atoms with E-state index in [1.807, 2.05) is 18.2 Å². The summed E-state index contributed by atoms with van der Waals surface area (Å²) in [4.78, 5) is 11.9. The third kappa shape index (κ3) is 5.77. The molecule has 1 aliphatic carbocycles. The molecule has 1 heterocycles. The molecule has 0 saturated carbocycles. The molecule has 0 aromatic rings. The predicted molar refractivity (Wildman–Crippen MR) is 107 cm³/mol. The number of cyclic esters (lactones) is 1. The zero-order valence-electron chi connectivity index (χ0n) is 17.7. The van der Waals surface area contributed by atoms with Crippen molar-refractivity contribution < 1.29 is 28.5 Å². The van der Waals surface area contributed by atoms with E-state index in [0.29, 0.717) is 13.2 Å². The molecule has 0 radical (unpaired) electrons. The molecule has 0 amide bonds. The van der Waals surface area contributed by atoms with Gasteiger partial charge in [0.2, 0.25) is 0 Å². The fraction of sp³-hybridized carbons (Fsp3) is 0.682. The lowest BCUT2D eigenvalue weighted by Crippen LogP contribution is -2.42. The fourth-order valence-electron chi connectivity index (χ4n) is 4.27. The van der Waals surface area contributed by atoms with Crippen LogP contribution in [0.1, 0.15) is 33.6 Å². The van der Waals surface area contributed by atoms with Gasteiger partial charge in [-0.05, 0) is 48.8 Å². The molecule has 2 bridgehead atoms. The molecular weight excluding hydrogens is 360 g/mol. The second-order valence-electron chi connectivity index (χ2n) is 7.78. The fourth-order valence-corrected chi connectivity index (χ4v) is 4.27. The van der Waals surface area contributed by atoms with Gasteiger partial charge in [-0.15, -0.1) is 0 Å². The highest BCUT2D eigenvalue weighted by Gasteiger charge is 2.43. The van der Waals surface area contributed by atoms with E-state index in [9.17, 15) is 4.79 Å². The van der Waals surface area contributed by atoms with E-state index in [4.69, 9.17) is 23.7 Å². The summed E-state index contributed by atoms with van der Waals surface area (Å²) >= 11 is 0. The van der Waals surface area contributed by atoms with Crippen molar-refractivity contribution in [3.05, 3.63) is 35.5 Å². The van der Waals surface area contributed by atoms with Gasteiger partial charge in [-0.2, -0.15) is 0 Å². The molecule has 2 aliphatic rings. The molecule has 1 aliphatic heterocycles. The van der Waals surface area contributed by atoms with Crippen molar-refractivity contribution in [1.82, 2.24) is 0 Å². The van der Waals surface area contributed by atoms with Gasteiger partial charge in [0, 0.05) is 20.3 Å². The van der Waals surface area contributed by atoms with Gasteiger partial charge < -0.3 is 23.7 Å². The number of methoxy groups -OCH3 is 2. The number of carbonyl (C=O) groups is 1. The highest BCUT2D eigenvalue weighted by atomic mass is 16.7. The number of allylic oxidation sites excluding steroid dienone is 1. The molecule has 0 aromatic carbocycles. The van der Waals surface area contributed by atoms with E-state index < -0.39 is 0 Å². The maximum Gasteiger partial charge on any atom is 0.330 e. The van der Waals surface area contributed by atoms with Crippen molar-refractivity contribution in [1.29, 1.82) is 0 Å². The largest absolute Gasteiger partial charge is 0.458 e. The molecule has 6 nitrogen and oxygen atoms in total. The Morgan fingerprint density at radius 1 is 1.21 bits per heavy atom. The number of hydrogen-bond donors (Lipinski definition) is 0. The summed E-state index contributed by atoms with van der Waals surface area (Å²) in [6, 6.07) is 0. The minimum atomic E-state index is -0.367. The van der Waals surface area contributed by atoms with Crippen LogP contribution in [0.2, 0.25) is 0 Å². The highest BCUT2D eigenvalue weighted by Crippen LogP contribution is 2.49. The van der Waals surface area contributed by atoms with E-state index in [1.165, 1.54) is 17.2 Å². The lowest BCUT2D eigenvalue weighted by Gasteiger charge is -2.46. The second kappa shape index (κ2) is 10.9. The van der Waals surface area contributed by atoms with Gasteiger partial charge in [-0.3, -0.25) is 0 Å². The minimum absolute atomic E-state index is 0.169. The van der Waals surface area contributed by atoms with Gasteiger partial charge in [0.1, 0.15) is 19.5 Å². The molecule has 0 unspecified atom stereocenters. The van der Waals surface area contributed by atoms with Crippen LogP contribution < -0.4 is 0 Å².